The third-order valence-corrected chi connectivity index (χ3v) is 7.44. The first kappa shape index (κ1) is 21.9. The molecule has 178 valence electrons. The molecule has 3 atom stereocenters. The Kier molecular flexibility index (Phi) is 5.36. The highest BCUT2D eigenvalue weighted by molar-refractivity contribution is 5.95. The quantitative estimate of drug-likeness (QED) is 0.295. The van der Waals surface area contributed by atoms with E-state index in [2.05, 4.69) is 35.0 Å². The molecule has 6 rings (SSSR count). The van der Waals surface area contributed by atoms with Crippen molar-refractivity contribution in [2.24, 2.45) is 13.0 Å². The molecule has 0 spiro atoms. The van der Waals surface area contributed by atoms with Gasteiger partial charge in [-0.1, -0.05) is 36.4 Å². The molecule has 1 aromatic heterocycles. The number of aromatic nitrogens is 1. The number of hydrogen-bond donors (Lipinski definition) is 0. The van der Waals surface area contributed by atoms with Crippen molar-refractivity contribution in [2.45, 2.75) is 38.2 Å². The number of halogens is 1. The molecule has 2 aliphatic rings. The van der Waals surface area contributed by atoms with Crippen LogP contribution in [0, 0.1) is 11.7 Å². The second-order valence-electron chi connectivity index (χ2n) is 9.57. The number of carbonyl (C=O) groups excluding carboxylic acids is 1. The summed E-state index contributed by atoms with van der Waals surface area (Å²) in [5.74, 6) is 0.573. The van der Waals surface area contributed by atoms with Gasteiger partial charge in [0.15, 0.2) is 0 Å². The lowest BCUT2D eigenvalue weighted by Gasteiger charge is -2.17. The largest absolute Gasteiger partial charge is 0.486 e. The maximum absolute atomic E-state index is 15.1. The van der Waals surface area contributed by atoms with Gasteiger partial charge in [0.1, 0.15) is 17.7 Å². The van der Waals surface area contributed by atoms with Crippen LogP contribution in [0.1, 0.15) is 48.5 Å². The van der Waals surface area contributed by atoms with Crippen LogP contribution in [0.25, 0.3) is 22.0 Å². The minimum absolute atomic E-state index is 0.0374. The van der Waals surface area contributed by atoms with E-state index < -0.39 is 0 Å². The van der Waals surface area contributed by atoms with Crippen molar-refractivity contribution in [3.8, 4) is 16.9 Å². The van der Waals surface area contributed by atoms with Crippen molar-refractivity contribution in [3.63, 3.8) is 0 Å². The molecule has 4 aromatic rings. The number of rotatable bonds is 6. The normalized spacial score (nSPS) is 20.6. The van der Waals surface area contributed by atoms with E-state index >= 15 is 4.39 Å². The minimum Gasteiger partial charge on any atom is -0.486 e. The van der Waals surface area contributed by atoms with E-state index in [1.165, 1.54) is 5.39 Å². The van der Waals surface area contributed by atoms with Gasteiger partial charge in [-0.3, -0.25) is 4.79 Å². The number of hydrogen-bond acceptors (Lipinski definition) is 3. The molecule has 35 heavy (non-hydrogen) atoms. The Labute approximate surface area is 204 Å². The number of benzene rings is 3. The molecule has 0 bridgehead atoms. The Morgan fingerprint density at radius 3 is 2.69 bits per heavy atom. The zero-order valence-corrected chi connectivity index (χ0v) is 20.0. The van der Waals surface area contributed by atoms with Gasteiger partial charge in [-0.05, 0) is 73.1 Å². The summed E-state index contributed by atoms with van der Waals surface area (Å²) in [5, 5.41) is 1.18. The van der Waals surface area contributed by atoms with Crippen molar-refractivity contribution >= 4 is 16.9 Å². The summed E-state index contributed by atoms with van der Waals surface area (Å²) in [7, 11) is 2.04. The van der Waals surface area contributed by atoms with Crippen LogP contribution in [0.3, 0.4) is 0 Å². The van der Waals surface area contributed by atoms with Crippen LogP contribution in [-0.2, 0) is 23.0 Å². The van der Waals surface area contributed by atoms with Crippen molar-refractivity contribution in [3.05, 3.63) is 89.4 Å². The maximum Gasteiger partial charge on any atom is 0.309 e. The van der Waals surface area contributed by atoms with E-state index in [1.807, 2.05) is 44.3 Å². The summed E-state index contributed by atoms with van der Waals surface area (Å²) < 4.78 is 28.7. The molecule has 0 aliphatic heterocycles. The summed E-state index contributed by atoms with van der Waals surface area (Å²) in [6.07, 6.45) is 4.08. The lowest BCUT2D eigenvalue weighted by Crippen LogP contribution is -2.07. The molecule has 0 amide bonds. The van der Waals surface area contributed by atoms with Gasteiger partial charge in [0.05, 0.1) is 18.0 Å². The van der Waals surface area contributed by atoms with E-state index in [0.717, 1.165) is 47.0 Å². The standard InChI is InChI=1S/C30H28FNO3/c1-3-34-30(33)25-17-24(25)18-7-9-20(10-8-18)35-27-14-12-22-21(11-13-26(31)28(22)27)23-6-4-5-19-15-16-32(2)29(19)23/h4-11,13,15-16,24-25,27H,3,12,14,17H2,1-2H3/t24?,25-,27?/m0/s1. The smallest absolute Gasteiger partial charge is 0.309 e. The van der Waals surface area contributed by atoms with Crippen molar-refractivity contribution in [1.29, 1.82) is 0 Å². The molecule has 5 heteroatoms. The Hall–Kier alpha value is -3.60. The molecule has 4 nitrogen and oxygen atoms in total. The Bertz CT molecular complexity index is 1420. The summed E-state index contributed by atoms with van der Waals surface area (Å²) in [6.45, 7) is 2.24. The molecule has 1 saturated carbocycles. The van der Waals surface area contributed by atoms with E-state index in [0.29, 0.717) is 17.9 Å². The van der Waals surface area contributed by atoms with Crippen LogP contribution in [0.15, 0.2) is 66.9 Å². The van der Waals surface area contributed by atoms with E-state index in [1.54, 1.807) is 6.07 Å². The first-order chi connectivity index (χ1) is 17.0. The van der Waals surface area contributed by atoms with Gasteiger partial charge in [0, 0.05) is 29.8 Å². The number of nitrogens with zero attached hydrogens (tertiary/aromatic N) is 1. The molecule has 1 heterocycles. The van der Waals surface area contributed by atoms with Crippen LogP contribution in [-0.4, -0.2) is 17.1 Å². The first-order valence-electron chi connectivity index (χ1n) is 12.3. The Morgan fingerprint density at radius 1 is 1.06 bits per heavy atom. The Morgan fingerprint density at radius 2 is 1.89 bits per heavy atom. The van der Waals surface area contributed by atoms with Crippen LogP contribution in [0.5, 0.6) is 5.75 Å². The van der Waals surface area contributed by atoms with Gasteiger partial charge in [0.2, 0.25) is 0 Å². The molecule has 2 unspecified atom stereocenters. The summed E-state index contributed by atoms with van der Waals surface area (Å²) in [5.41, 5.74) is 6.18. The molecule has 3 aromatic carbocycles. The number of fused-ring (bicyclic) bond motifs is 2. The van der Waals surface area contributed by atoms with Crippen molar-refractivity contribution in [1.82, 2.24) is 4.57 Å². The number of para-hydroxylation sites is 1. The molecule has 0 radical (unpaired) electrons. The molecule has 0 N–H and O–H groups in total. The average Bonchev–Trinajstić information content (AvgIpc) is 3.42. The van der Waals surface area contributed by atoms with Crippen LogP contribution in [0.2, 0.25) is 0 Å². The average molecular weight is 470 g/mol. The number of ether oxygens (including phenoxy) is 2. The Balaban J connectivity index is 1.25. The second-order valence-corrected chi connectivity index (χ2v) is 9.57. The minimum atomic E-state index is -0.323. The fourth-order valence-electron chi connectivity index (χ4n) is 5.65. The topological polar surface area (TPSA) is 40.5 Å². The number of aryl methyl sites for hydroxylation is 1. The fourth-order valence-corrected chi connectivity index (χ4v) is 5.65. The molecular formula is C30H28FNO3. The van der Waals surface area contributed by atoms with Gasteiger partial charge in [-0.15, -0.1) is 0 Å². The summed E-state index contributed by atoms with van der Waals surface area (Å²) in [6, 6.07) is 19.8. The van der Waals surface area contributed by atoms with Gasteiger partial charge < -0.3 is 14.0 Å². The van der Waals surface area contributed by atoms with E-state index in [4.69, 9.17) is 9.47 Å². The third kappa shape index (κ3) is 3.79. The van der Waals surface area contributed by atoms with Crippen molar-refractivity contribution in [2.75, 3.05) is 6.61 Å². The molecular weight excluding hydrogens is 441 g/mol. The lowest BCUT2D eigenvalue weighted by molar-refractivity contribution is -0.144. The number of esters is 1. The monoisotopic (exact) mass is 469 g/mol. The van der Waals surface area contributed by atoms with Gasteiger partial charge in [-0.25, -0.2) is 4.39 Å². The number of carbonyl (C=O) groups is 1. The summed E-state index contributed by atoms with van der Waals surface area (Å²) in [4.78, 5) is 12.0. The second kappa shape index (κ2) is 8.56. The highest BCUT2D eigenvalue weighted by Crippen LogP contribution is 2.49. The summed E-state index contributed by atoms with van der Waals surface area (Å²) >= 11 is 0. The SMILES string of the molecule is CCOC(=O)[C@H]1CC1c1ccc(OC2CCc3c(-c4cccc5ccn(C)c45)ccc(F)c32)cc1. The zero-order chi connectivity index (χ0) is 24.1. The van der Waals surface area contributed by atoms with E-state index in [-0.39, 0.29) is 29.7 Å². The lowest BCUT2D eigenvalue weighted by atomic mass is 9.95. The molecule has 1 fully saturated rings. The predicted molar refractivity (Wildman–Crippen MR) is 134 cm³/mol. The fraction of sp³-hybridized carbons (Fsp3) is 0.300. The first-order valence-corrected chi connectivity index (χ1v) is 12.3. The van der Waals surface area contributed by atoms with Gasteiger partial charge >= 0.3 is 5.97 Å². The van der Waals surface area contributed by atoms with E-state index in [9.17, 15) is 4.79 Å². The van der Waals surface area contributed by atoms with Crippen molar-refractivity contribution < 1.29 is 18.7 Å². The zero-order valence-electron chi connectivity index (χ0n) is 20.0. The predicted octanol–water partition coefficient (Wildman–Crippen LogP) is 6.72. The highest BCUT2D eigenvalue weighted by atomic mass is 19.1. The van der Waals surface area contributed by atoms with Crippen LogP contribution in [0.4, 0.5) is 4.39 Å². The third-order valence-electron chi connectivity index (χ3n) is 7.44. The molecule has 0 saturated heterocycles. The highest BCUT2D eigenvalue weighted by Gasteiger charge is 2.45. The van der Waals surface area contributed by atoms with Gasteiger partial charge in [0.25, 0.3) is 0 Å². The van der Waals surface area contributed by atoms with Crippen LogP contribution < -0.4 is 4.74 Å². The van der Waals surface area contributed by atoms with Crippen LogP contribution >= 0.6 is 0 Å². The maximum atomic E-state index is 15.1. The molecule has 2 aliphatic carbocycles. The van der Waals surface area contributed by atoms with Gasteiger partial charge in [-0.2, -0.15) is 0 Å².